The summed E-state index contributed by atoms with van der Waals surface area (Å²) in [6.45, 7) is 1.84. The third-order valence-corrected chi connectivity index (χ3v) is 6.52. The van der Waals surface area contributed by atoms with Crippen LogP contribution < -0.4 is 9.64 Å². The van der Waals surface area contributed by atoms with Gasteiger partial charge in [0, 0.05) is 39.6 Å². The minimum absolute atomic E-state index is 0.0715. The number of hydrogen-bond acceptors (Lipinski definition) is 6. The molecule has 4 aromatic rings. The zero-order valence-corrected chi connectivity index (χ0v) is 20.1. The van der Waals surface area contributed by atoms with Crippen molar-refractivity contribution in [3.8, 4) is 5.75 Å². The average molecular weight is 509 g/mol. The van der Waals surface area contributed by atoms with E-state index in [1.807, 2.05) is 6.92 Å². The number of Topliss-reactive ketones (excluding diaryl/α,β-unsaturated/α-hetero) is 1. The number of ether oxygens (including phenoxy) is 1. The molecule has 176 valence electrons. The van der Waals surface area contributed by atoms with Crippen molar-refractivity contribution in [3.63, 3.8) is 0 Å². The van der Waals surface area contributed by atoms with Crippen LogP contribution >= 0.6 is 23.2 Å². The molecule has 2 aromatic heterocycles. The summed E-state index contributed by atoms with van der Waals surface area (Å²) in [4.78, 5) is 32.4. The highest BCUT2D eigenvalue weighted by Gasteiger charge is 2.45. The van der Waals surface area contributed by atoms with Crippen molar-refractivity contribution in [1.29, 1.82) is 0 Å². The van der Waals surface area contributed by atoms with Crippen LogP contribution in [0.1, 0.15) is 27.7 Å². The molecule has 1 aliphatic rings. The largest absolute Gasteiger partial charge is 0.503 e. The van der Waals surface area contributed by atoms with Crippen molar-refractivity contribution in [2.75, 3.05) is 12.0 Å². The molecular formula is C26H18Cl2N2O5. The van der Waals surface area contributed by atoms with E-state index in [4.69, 9.17) is 32.4 Å². The fourth-order valence-electron chi connectivity index (χ4n) is 4.18. The Morgan fingerprint density at radius 1 is 1.11 bits per heavy atom. The summed E-state index contributed by atoms with van der Waals surface area (Å²) in [7, 11) is 1.46. The number of furan rings is 1. The number of fused-ring (bicyclic) bond motifs is 1. The van der Waals surface area contributed by atoms with E-state index in [2.05, 4.69) is 4.98 Å². The summed E-state index contributed by atoms with van der Waals surface area (Å²) in [5, 5.41) is 12.3. The number of aliphatic hydroxyl groups excluding tert-OH is 1. The maximum Gasteiger partial charge on any atom is 0.294 e. The Hall–Kier alpha value is -3.81. The summed E-state index contributed by atoms with van der Waals surface area (Å²) in [6, 6.07) is 12.2. The Bertz CT molecular complexity index is 1530. The highest BCUT2D eigenvalue weighted by molar-refractivity contribution is 6.32. The number of amides is 1. The lowest BCUT2D eigenvalue weighted by molar-refractivity contribution is -0.117. The van der Waals surface area contributed by atoms with Crippen LogP contribution in [-0.4, -0.2) is 28.9 Å². The van der Waals surface area contributed by atoms with Gasteiger partial charge in [-0.2, -0.15) is 0 Å². The molecule has 0 spiro atoms. The van der Waals surface area contributed by atoms with Crippen molar-refractivity contribution in [2.45, 2.75) is 13.0 Å². The fourth-order valence-corrected chi connectivity index (χ4v) is 4.57. The van der Waals surface area contributed by atoms with Crippen LogP contribution in [0.3, 0.4) is 0 Å². The lowest BCUT2D eigenvalue weighted by atomic mass is 9.95. The van der Waals surface area contributed by atoms with Crippen LogP contribution in [0.15, 0.2) is 76.7 Å². The quantitative estimate of drug-likeness (QED) is 0.321. The lowest BCUT2D eigenvalue weighted by Gasteiger charge is -2.27. The van der Waals surface area contributed by atoms with Crippen LogP contribution in [0.25, 0.3) is 11.0 Å². The zero-order chi connectivity index (χ0) is 24.9. The van der Waals surface area contributed by atoms with E-state index in [9.17, 15) is 14.7 Å². The molecule has 0 aliphatic carbocycles. The number of carbonyl (C=O) groups excluding carboxylic acids is 2. The van der Waals surface area contributed by atoms with Gasteiger partial charge in [-0.05, 0) is 54.4 Å². The monoisotopic (exact) mass is 508 g/mol. The van der Waals surface area contributed by atoms with Crippen molar-refractivity contribution < 1.29 is 23.8 Å². The lowest BCUT2D eigenvalue weighted by Crippen LogP contribution is -2.31. The number of halogens is 2. The summed E-state index contributed by atoms with van der Waals surface area (Å²) in [5.41, 5.74) is 2.04. The minimum Gasteiger partial charge on any atom is -0.503 e. The molecule has 1 unspecified atom stereocenters. The molecule has 35 heavy (non-hydrogen) atoms. The van der Waals surface area contributed by atoms with E-state index in [-0.39, 0.29) is 11.3 Å². The first-order chi connectivity index (χ1) is 16.8. The van der Waals surface area contributed by atoms with E-state index >= 15 is 0 Å². The van der Waals surface area contributed by atoms with Gasteiger partial charge in [-0.3, -0.25) is 19.5 Å². The molecule has 1 aliphatic heterocycles. The first-order valence-electron chi connectivity index (χ1n) is 10.5. The summed E-state index contributed by atoms with van der Waals surface area (Å²) < 4.78 is 11.1. The predicted molar refractivity (Wildman–Crippen MR) is 132 cm³/mol. The zero-order valence-electron chi connectivity index (χ0n) is 18.6. The van der Waals surface area contributed by atoms with Gasteiger partial charge in [-0.25, -0.2) is 0 Å². The Morgan fingerprint density at radius 2 is 1.86 bits per heavy atom. The summed E-state index contributed by atoms with van der Waals surface area (Å²) in [5.74, 6) is -1.76. The van der Waals surface area contributed by atoms with Gasteiger partial charge < -0.3 is 14.3 Å². The van der Waals surface area contributed by atoms with Gasteiger partial charge in [0.15, 0.2) is 22.9 Å². The Morgan fingerprint density at radius 3 is 2.54 bits per heavy atom. The molecule has 1 N–H and O–H groups in total. The third kappa shape index (κ3) is 3.83. The van der Waals surface area contributed by atoms with Gasteiger partial charge in [0.2, 0.25) is 5.78 Å². The highest BCUT2D eigenvalue weighted by Crippen LogP contribution is 2.43. The molecule has 0 saturated carbocycles. The second kappa shape index (κ2) is 8.76. The summed E-state index contributed by atoms with van der Waals surface area (Å²) in [6.07, 6.45) is 3.09. The normalized spacial score (nSPS) is 15.8. The van der Waals surface area contributed by atoms with Crippen LogP contribution in [0.2, 0.25) is 10.0 Å². The molecule has 5 rings (SSSR count). The van der Waals surface area contributed by atoms with Crippen LogP contribution in [0.4, 0.5) is 5.69 Å². The first-order valence-corrected chi connectivity index (χ1v) is 11.3. The van der Waals surface area contributed by atoms with Crippen molar-refractivity contribution >= 4 is 51.5 Å². The minimum atomic E-state index is -0.935. The fraction of sp³-hybridized carbons (Fsp3) is 0.115. The highest BCUT2D eigenvalue weighted by atomic mass is 35.5. The van der Waals surface area contributed by atoms with Gasteiger partial charge in [0.05, 0.1) is 18.7 Å². The molecule has 0 bridgehead atoms. The molecule has 9 heteroatoms. The van der Waals surface area contributed by atoms with Gasteiger partial charge in [-0.15, -0.1) is 0 Å². The molecule has 0 radical (unpaired) electrons. The Balaban J connectivity index is 1.66. The van der Waals surface area contributed by atoms with Crippen molar-refractivity contribution in [3.05, 3.63) is 99.2 Å². The predicted octanol–water partition coefficient (Wildman–Crippen LogP) is 6.23. The second-order valence-corrected chi connectivity index (χ2v) is 8.86. The molecule has 0 fully saturated rings. The number of aryl methyl sites for hydroxylation is 1. The SMILES string of the molecule is COc1cc(Cl)cc2cc(C(=O)C3=C(O)C(=O)N(c4ccc(C)c(Cl)c4)C3c3ccncc3)oc12. The number of nitrogens with zero attached hydrogens (tertiary/aromatic N) is 2. The molecule has 0 saturated heterocycles. The number of aliphatic hydroxyl groups is 1. The van der Waals surface area contributed by atoms with E-state index in [0.29, 0.717) is 38.0 Å². The van der Waals surface area contributed by atoms with Crippen LogP contribution in [-0.2, 0) is 4.79 Å². The third-order valence-electron chi connectivity index (χ3n) is 5.90. The number of methoxy groups -OCH3 is 1. The number of rotatable bonds is 5. The van der Waals surface area contributed by atoms with E-state index < -0.39 is 23.5 Å². The molecule has 1 amide bonds. The molecule has 2 aromatic carbocycles. The van der Waals surface area contributed by atoms with Gasteiger partial charge in [-0.1, -0.05) is 29.3 Å². The average Bonchev–Trinajstić information content (AvgIpc) is 3.39. The van der Waals surface area contributed by atoms with Gasteiger partial charge in [0.1, 0.15) is 0 Å². The first kappa shape index (κ1) is 23.0. The number of ketones is 1. The molecular weight excluding hydrogens is 491 g/mol. The topological polar surface area (TPSA) is 92.9 Å². The summed E-state index contributed by atoms with van der Waals surface area (Å²) >= 11 is 12.5. The van der Waals surface area contributed by atoms with Crippen molar-refractivity contribution in [1.82, 2.24) is 4.98 Å². The standard InChI is InChI=1S/C26H18Cl2N2O5/c1-13-3-4-17(12-18(13)28)30-22(14-5-7-29-8-6-14)21(24(32)26(30)33)23(31)19-10-15-9-16(27)11-20(34-2)25(15)35-19/h3-12,22,32H,1-2H3. The van der Waals surface area contributed by atoms with Gasteiger partial charge in [0.25, 0.3) is 5.91 Å². The molecule has 1 atom stereocenters. The maximum atomic E-state index is 13.7. The Labute approximate surface area is 210 Å². The number of pyridine rings is 1. The molecule has 7 nitrogen and oxygen atoms in total. The maximum absolute atomic E-state index is 13.7. The van der Waals surface area contributed by atoms with E-state index in [1.54, 1.807) is 54.9 Å². The number of benzene rings is 2. The molecule has 3 heterocycles. The van der Waals surface area contributed by atoms with Gasteiger partial charge >= 0.3 is 0 Å². The number of carbonyl (C=O) groups is 2. The Kier molecular flexibility index (Phi) is 5.75. The number of anilines is 1. The number of hydrogen-bond donors (Lipinski definition) is 1. The second-order valence-electron chi connectivity index (χ2n) is 8.02. The smallest absolute Gasteiger partial charge is 0.294 e. The van der Waals surface area contributed by atoms with Crippen LogP contribution in [0.5, 0.6) is 5.75 Å². The number of aromatic nitrogens is 1. The van der Waals surface area contributed by atoms with E-state index in [0.717, 1.165) is 5.56 Å². The van der Waals surface area contributed by atoms with Crippen molar-refractivity contribution in [2.24, 2.45) is 0 Å². The van der Waals surface area contributed by atoms with E-state index in [1.165, 1.54) is 18.1 Å². The van der Waals surface area contributed by atoms with Crippen LogP contribution in [0, 0.1) is 6.92 Å².